The molecule has 3 aliphatic rings. The first-order valence-corrected chi connectivity index (χ1v) is 8.14. The third-order valence-electron chi connectivity index (χ3n) is 5.54. The van der Waals surface area contributed by atoms with Crippen LogP contribution < -0.4 is 0 Å². The molecule has 4 heteroatoms. The van der Waals surface area contributed by atoms with Crippen molar-refractivity contribution < 1.29 is 9.59 Å². The Morgan fingerprint density at radius 3 is 2.50 bits per heavy atom. The van der Waals surface area contributed by atoms with E-state index >= 15 is 0 Å². The summed E-state index contributed by atoms with van der Waals surface area (Å²) in [7, 11) is 1.91. The fraction of sp³-hybridized carbons (Fsp3) is 0.875. The van der Waals surface area contributed by atoms with E-state index in [9.17, 15) is 9.59 Å². The van der Waals surface area contributed by atoms with Gasteiger partial charge in [0.25, 0.3) is 0 Å². The summed E-state index contributed by atoms with van der Waals surface area (Å²) in [6, 6.07) is 0.740. The molecule has 112 valence electrons. The highest BCUT2D eigenvalue weighted by molar-refractivity contribution is 5.89. The molecule has 2 atom stereocenters. The molecule has 0 aromatic carbocycles. The molecule has 3 rings (SSSR count). The smallest absolute Gasteiger partial charge is 0.227 e. The van der Waals surface area contributed by atoms with Gasteiger partial charge in [-0.25, -0.2) is 0 Å². The number of carbonyl (C=O) groups excluding carboxylic acids is 2. The second kappa shape index (κ2) is 5.38. The maximum atomic E-state index is 12.6. The van der Waals surface area contributed by atoms with E-state index in [4.69, 9.17) is 0 Å². The van der Waals surface area contributed by atoms with Crippen molar-refractivity contribution in [2.45, 2.75) is 64.0 Å². The van der Waals surface area contributed by atoms with Crippen LogP contribution in [0.1, 0.15) is 51.9 Å². The van der Waals surface area contributed by atoms with Crippen molar-refractivity contribution in [2.75, 3.05) is 13.6 Å². The van der Waals surface area contributed by atoms with Gasteiger partial charge in [0.15, 0.2) is 0 Å². The Bertz CT molecular complexity index is 399. The predicted molar refractivity (Wildman–Crippen MR) is 77.0 cm³/mol. The van der Waals surface area contributed by atoms with Crippen LogP contribution in [0.4, 0.5) is 0 Å². The molecule has 2 aliphatic carbocycles. The molecular formula is C16H26N2O2. The molecule has 0 aromatic rings. The second-order valence-electron chi connectivity index (χ2n) is 6.91. The van der Waals surface area contributed by atoms with E-state index in [2.05, 4.69) is 6.92 Å². The van der Waals surface area contributed by atoms with Crippen LogP contribution >= 0.6 is 0 Å². The zero-order valence-corrected chi connectivity index (χ0v) is 12.7. The summed E-state index contributed by atoms with van der Waals surface area (Å²) in [6.07, 6.45) is 7.63. The molecule has 1 aliphatic heterocycles. The number of nitrogens with zero attached hydrogens (tertiary/aromatic N) is 2. The summed E-state index contributed by atoms with van der Waals surface area (Å²) in [5.74, 6) is 0.960. The monoisotopic (exact) mass is 278 g/mol. The van der Waals surface area contributed by atoms with Gasteiger partial charge in [0.05, 0.1) is 5.92 Å². The van der Waals surface area contributed by atoms with Crippen molar-refractivity contribution in [1.82, 2.24) is 9.80 Å². The minimum absolute atomic E-state index is 0.103. The quantitative estimate of drug-likeness (QED) is 0.789. The highest BCUT2D eigenvalue weighted by Gasteiger charge is 2.41. The summed E-state index contributed by atoms with van der Waals surface area (Å²) < 4.78 is 0. The summed E-state index contributed by atoms with van der Waals surface area (Å²) in [4.78, 5) is 28.6. The van der Waals surface area contributed by atoms with Crippen LogP contribution in [0.3, 0.4) is 0 Å². The standard InChI is InChI=1S/C16H26N2O2/c1-11(12-7-8-12)17(2)16(20)13-9-15(19)18(10-13)14-5-3-4-6-14/h11-14H,3-10H2,1-2H3/t11-,13+/m0/s1. The average Bonchev–Trinajstić information content (AvgIpc) is 3.01. The highest BCUT2D eigenvalue weighted by Crippen LogP contribution is 2.36. The molecule has 1 saturated heterocycles. The lowest BCUT2D eigenvalue weighted by Crippen LogP contribution is -2.41. The molecule has 0 aromatic heterocycles. The molecular weight excluding hydrogens is 252 g/mol. The predicted octanol–water partition coefficient (Wildman–Crippen LogP) is 2.03. The van der Waals surface area contributed by atoms with E-state index in [1.807, 2.05) is 16.8 Å². The fourth-order valence-electron chi connectivity index (χ4n) is 3.85. The Hall–Kier alpha value is -1.06. The lowest BCUT2D eigenvalue weighted by atomic mass is 10.1. The number of amides is 2. The van der Waals surface area contributed by atoms with Crippen LogP contribution in [0.5, 0.6) is 0 Å². The van der Waals surface area contributed by atoms with Crippen LogP contribution in [0.25, 0.3) is 0 Å². The average molecular weight is 278 g/mol. The fourth-order valence-corrected chi connectivity index (χ4v) is 3.85. The zero-order chi connectivity index (χ0) is 14.3. The maximum Gasteiger partial charge on any atom is 0.227 e. The van der Waals surface area contributed by atoms with Gasteiger partial charge in [0.2, 0.25) is 11.8 Å². The van der Waals surface area contributed by atoms with Crippen molar-refractivity contribution in [1.29, 1.82) is 0 Å². The van der Waals surface area contributed by atoms with Gasteiger partial charge in [-0.1, -0.05) is 12.8 Å². The second-order valence-corrected chi connectivity index (χ2v) is 6.91. The first kappa shape index (κ1) is 13.9. The van der Waals surface area contributed by atoms with Crippen molar-refractivity contribution in [2.24, 2.45) is 11.8 Å². The molecule has 4 nitrogen and oxygen atoms in total. The topological polar surface area (TPSA) is 40.6 Å². The SMILES string of the molecule is C[C@@H](C1CC1)N(C)C(=O)[C@@H]1CC(=O)N(C2CCCC2)C1. The maximum absolute atomic E-state index is 12.6. The van der Waals surface area contributed by atoms with Crippen molar-refractivity contribution in [3.63, 3.8) is 0 Å². The molecule has 0 bridgehead atoms. The summed E-state index contributed by atoms with van der Waals surface area (Å²) in [6.45, 7) is 2.80. The number of carbonyl (C=O) groups is 2. The molecule has 0 N–H and O–H groups in total. The van der Waals surface area contributed by atoms with Gasteiger partial charge >= 0.3 is 0 Å². The summed E-state index contributed by atoms with van der Waals surface area (Å²) in [5, 5.41) is 0. The molecule has 0 radical (unpaired) electrons. The van der Waals surface area contributed by atoms with Crippen LogP contribution in [0, 0.1) is 11.8 Å². The van der Waals surface area contributed by atoms with Gasteiger partial charge < -0.3 is 9.80 Å². The molecule has 2 saturated carbocycles. The van der Waals surface area contributed by atoms with E-state index in [1.165, 1.54) is 25.7 Å². The van der Waals surface area contributed by atoms with Gasteiger partial charge in [-0.3, -0.25) is 9.59 Å². The Kier molecular flexibility index (Phi) is 3.74. The zero-order valence-electron chi connectivity index (χ0n) is 12.7. The van der Waals surface area contributed by atoms with E-state index in [1.54, 1.807) is 0 Å². The van der Waals surface area contributed by atoms with Crippen molar-refractivity contribution in [3.8, 4) is 0 Å². The number of hydrogen-bond acceptors (Lipinski definition) is 2. The lowest BCUT2D eigenvalue weighted by Gasteiger charge is -2.28. The highest BCUT2D eigenvalue weighted by atomic mass is 16.2. The van der Waals surface area contributed by atoms with Gasteiger partial charge in [-0.15, -0.1) is 0 Å². The number of likely N-dealkylation sites (tertiary alicyclic amines) is 1. The van der Waals surface area contributed by atoms with Crippen molar-refractivity contribution in [3.05, 3.63) is 0 Å². The van der Waals surface area contributed by atoms with Gasteiger partial charge in [-0.2, -0.15) is 0 Å². The van der Waals surface area contributed by atoms with Gasteiger partial charge in [-0.05, 0) is 38.5 Å². The molecule has 1 heterocycles. The van der Waals surface area contributed by atoms with Crippen LogP contribution in [-0.2, 0) is 9.59 Å². The van der Waals surface area contributed by atoms with Gasteiger partial charge in [0.1, 0.15) is 0 Å². The minimum atomic E-state index is -0.103. The third kappa shape index (κ3) is 2.57. The lowest BCUT2D eigenvalue weighted by molar-refractivity contribution is -0.136. The van der Waals surface area contributed by atoms with Gasteiger partial charge in [0, 0.05) is 32.1 Å². The molecule has 0 spiro atoms. The van der Waals surface area contributed by atoms with E-state index in [-0.39, 0.29) is 17.7 Å². The van der Waals surface area contributed by atoms with Crippen LogP contribution in [0.15, 0.2) is 0 Å². The van der Waals surface area contributed by atoms with Crippen LogP contribution in [-0.4, -0.2) is 47.3 Å². The van der Waals surface area contributed by atoms with E-state index in [0.29, 0.717) is 31.0 Å². The largest absolute Gasteiger partial charge is 0.342 e. The summed E-state index contributed by atoms with van der Waals surface area (Å²) >= 11 is 0. The third-order valence-corrected chi connectivity index (χ3v) is 5.54. The Morgan fingerprint density at radius 2 is 1.90 bits per heavy atom. The molecule has 20 heavy (non-hydrogen) atoms. The first-order chi connectivity index (χ1) is 9.58. The first-order valence-electron chi connectivity index (χ1n) is 8.14. The van der Waals surface area contributed by atoms with E-state index < -0.39 is 0 Å². The number of hydrogen-bond donors (Lipinski definition) is 0. The number of rotatable bonds is 4. The van der Waals surface area contributed by atoms with Crippen molar-refractivity contribution >= 4 is 11.8 Å². The Morgan fingerprint density at radius 1 is 1.25 bits per heavy atom. The van der Waals surface area contributed by atoms with E-state index in [0.717, 1.165) is 12.8 Å². The minimum Gasteiger partial charge on any atom is -0.342 e. The molecule has 3 fully saturated rings. The summed E-state index contributed by atoms with van der Waals surface area (Å²) in [5.41, 5.74) is 0. The Labute approximate surface area is 121 Å². The molecule has 0 unspecified atom stereocenters. The molecule has 2 amide bonds. The van der Waals surface area contributed by atoms with Crippen LogP contribution in [0.2, 0.25) is 0 Å². The Balaban J connectivity index is 1.60. The normalized spacial score (nSPS) is 29.0.